The maximum absolute atomic E-state index is 12.0. The van der Waals surface area contributed by atoms with E-state index in [4.69, 9.17) is 26.0 Å². The molecule has 1 rings (SSSR count). The summed E-state index contributed by atoms with van der Waals surface area (Å²) in [7, 11) is 2.25. The third-order valence-electron chi connectivity index (χ3n) is 4.85. The topological polar surface area (TPSA) is 252 Å². The van der Waals surface area contributed by atoms with Crippen LogP contribution in [0.3, 0.4) is 0 Å². The van der Waals surface area contributed by atoms with Gasteiger partial charge in [-0.2, -0.15) is 0 Å². The summed E-state index contributed by atoms with van der Waals surface area (Å²) in [4.78, 5) is 45.3. The maximum atomic E-state index is 12.0. The van der Waals surface area contributed by atoms with Gasteiger partial charge in [0.2, 0.25) is 5.91 Å². The van der Waals surface area contributed by atoms with Crippen LogP contribution in [0.5, 0.6) is 0 Å². The number of aliphatic hydroxyl groups is 3. The van der Waals surface area contributed by atoms with Gasteiger partial charge in [-0.1, -0.05) is 21.6 Å². The van der Waals surface area contributed by atoms with Gasteiger partial charge in [0.05, 0.1) is 18.3 Å². The first kappa shape index (κ1) is 30.4. The standard InChI is InChI=1S/C18H31N3O11S2/c1-8(22)21-4-10-13(24)3-18(30,17(28)29)32-14(10)2-9(23)5-31-16(27)12(20)7-34-33-6-11(19)15(25)26/h9-14,23-24,30H,2-7,19-20H2,1H3,(H,21,22)(H,25,26)(H,28,29)/t9-,10?,11+,12+,13?,14?,18?/m0/s1. The summed E-state index contributed by atoms with van der Waals surface area (Å²) < 4.78 is 10.2. The van der Waals surface area contributed by atoms with E-state index in [1.54, 1.807) is 0 Å². The predicted molar refractivity (Wildman–Crippen MR) is 120 cm³/mol. The lowest BCUT2D eigenvalue weighted by atomic mass is 9.84. The monoisotopic (exact) mass is 529 g/mol. The van der Waals surface area contributed by atoms with Gasteiger partial charge in [0.1, 0.15) is 18.7 Å². The van der Waals surface area contributed by atoms with E-state index in [1.165, 1.54) is 6.92 Å². The Balaban J connectivity index is 2.59. The Kier molecular flexibility index (Phi) is 12.5. The molecular weight excluding hydrogens is 498 g/mol. The fourth-order valence-corrected chi connectivity index (χ4v) is 5.18. The molecule has 1 fully saturated rings. The quantitative estimate of drug-likeness (QED) is 0.0637. The number of ether oxygens (including phenoxy) is 2. The maximum Gasteiger partial charge on any atom is 0.364 e. The molecule has 0 aromatic carbocycles. The van der Waals surface area contributed by atoms with Crippen molar-refractivity contribution in [2.45, 2.75) is 55.9 Å². The summed E-state index contributed by atoms with van der Waals surface area (Å²) in [6.45, 7) is 0.616. The van der Waals surface area contributed by atoms with E-state index in [0.717, 1.165) is 21.6 Å². The number of hydrogen-bond donors (Lipinski definition) is 8. The van der Waals surface area contributed by atoms with Gasteiger partial charge < -0.3 is 51.8 Å². The second kappa shape index (κ2) is 14.0. The zero-order valence-electron chi connectivity index (χ0n) is 18.4. The molecule has 0 bridgehead atoms. The Labute approximate surface area is 203 Å². The van der Waals surface area contributed by atoms with Crippen molar-refractivity contribution < 1.29 is 54.2 Å². The number of aliphatic carboxylic acids is 2. The summed E-state index contributed by atoms with van der Waals surface area (Å²) in [5, 5.41) is 51.1. The minimum absolute atomic E-state index is 0.0916. The fraction of sp³-hybridized carbons (Fsp3) is 0.778. The van der Waals surface area contributed by atoms with Crippen LogP contribution in [0.4, 0.5) is 0 Å². The highest BCUT2D eigenvalue weighted by molar-refractivity contribution is 8.76. The van der Waals surface area contributed by atoms with Gasteiger partial charge in [0.15, 0.2) is 0 Å². The molecule has 1 saturated heterocycles. The van der Waals surface area contributed by atoms with Crippen LogP contribution in [0.15, 0.2) is 0 Å². The molecule has 196 valence electrons. The normalized spacial score (nSPS) is 27.3. The Bertz CT molecular complexity index is 731. The molecule has 1 heterocycles. The Morgan fingerprint density at radius 1 is 1.18 bits per heavy atom. The third-order valence-corrected chi connectivity index (χ3v) is 7.32. The van der Waals surface area contributed by atoms with E-state index < -0.39 is 78.9 Å². The van der Waals surface area contributed by atoms with Crippen molar-refractivity contribution in [3.8, 4) is 0 Å². The lowest BCUT2D eigenvalue weighted by molar-refractivity contribution is -0.287. The van der Waals surface area contributed by atoms with Crippen LogP contribution < -0.4 is 16.8 Å². The number of nitrogens with one attached hydrogen (secondary N) is 1. The Morgan fingerprint density at radius 3 is 2.29 bits per heavy atom. The van der Waals surface area contributed by atoms with Crippen LogP contribution in [0.25, 0.3) is 0 Å². The van der Waals surface area contributed by atoms with Crippen molar-refractivity contribution in [2.75, 3.05) is 24.7 Å². The van der Waals surface area contributed by atoms with E-state index >= 15 is 0 Å². The van der Waals surface area contributed by atoms with Crippen molar-refractivity contribution in [1.29, 1.82) is 0 Å². The SMILES string of the molecule is CC(=O)NCC1C(O)CC(O)(C(=O)O)OC1C[C@H](O)COC(=O)[C@H](N)CSSC[C@@H](N)C(=O)O. The number of nitrogens with two attached hydrogens (primary N) is 2. The van der Waals surface area contributed by atoms with Gasteiger partial charge in [-0.15, -0.1) is 0 Å². The minimum Gasteiger partial charge on any atom is -0.480 e. The van der Waals surface area contributed by atoms with Crippen molar-refractivity contribution in [3.63, 3.8) is 0 Å². The van der Waals surface area contributed by atoms with Crippen molar-refractivity contribution in [1.82, 2.24) is 5.32 Å². The van der Waals surface area contributed by atoms with E-state index in [0.29, 0.717) is 0 Å². The second-order valence-electron chi connectivity index (χ2n) is 7.76. The smallest absolute Gasteiger partial charge is 0.364 e. The molecule has 0 aromatic rings. The van der Waals surface area contributed by atoms with Gasteiger partial charge >= 0.3 is 17.9 Å². The first-order valence-electron chi connectivity index (χ1n) is 10.2. The molecule has 1 aliphatic heterocycles. The summed E-state index contributed by atoms with van der Waals surface area (Å²) >= 11 is 0. The Morgan fingerprint density at radius 2 is 1.76 bits per heavy atom. The molecule has 10 N–H and O–H groups in total. The average Bonchev–Trinajstić information content (AvgIpc) is 2.73. The van der Waals surface area contributed by atoms with Crippen LogP contribution in [0.2, 0.25) is 0 Å². The number of aliphatic hydroxyl groups excluding tert-OH is 2. The average molecular weight is 530 g/mol. The van der Waals surface area contributed by atoms with E-state index in [1.807, 2.05) is 0 Å². The van der Waals surface area contributed by atoms with Gasteiger partial charge in [-0.3, -0.25) is 14.4 Å². The summed E-state index contributed by atoms with van der Waals surface area (Å²) in [6, 6.07) is -2.12. The number of hydrogen-bond acceptors (Lipinski definition) is 13. The van der Waals surface area contributed by atoms with E-state index in [-0.39, 0.29) is 24.5 Å². The van der Waals surface area contributed by atoms with Gasteiger partial charge in [-0.25, -0.2) is 4.79 Å². The summed E-state index contributed by atoms with van der Waals surface area (Å²) in [5.74, 6) is -7.45. The van der Waals surface area contributed by atoms with Crippen LogP contribution in [-0.4, -0.2) is 110 Å². The number of amides is 1. The van der Waals surface area contributed by atoms with Crippen LogP contribution >= 0.6 is 21.6 Å². The molecule has 1 aliphatic rings. The van der Waals surface area contributed by atoms with Crippen LogP contribution in [0.1, 0.15) is 19.8 Å². The highest BCUT2D eigenvalue weighted by Gasteiger charge is 2.51. The Hall–Kier alpha value is -1.66. The van der Waals surface area contributed by atoms with E-state index in [2.05, 4.69) is 5.32 Å². The van der Waals surface area contributed by atoms with Gasteiger partial charge in [-0.05, 0) is 0 Å². The highest BCUT2D eigenvalue weighted by atomic mass is 33.1. The molecular formula is C18H31N3O11S2. The first-order chi connectivity index (χ1) is 15.8. The second-order valence-corrected chi connectivity index (χ2v) is 10.3. The lowest BCUT2D eigenvalue weighted by Gasteiger charge is -2.43. The minimum atomic E-state index is -2.69. The van der Waals surface area contributed by atoms with E-state index in [9.17, 15) is 39.6 Å². The molecule has 4 unspecified atom stereocenters. The fourth-order valence-electron chi connectivity index (χ4n) is 2.96. The molecule has 0 saturated carbocycles. The zero-order chi connectivity index (χ0) is 26.1. The number of carboxylic acid groups (broad SMARTS) is 2. The number of rotatable bonds is 14. The predicted octanol–water partition coefficient (Wildman–Crippen LogP) is -2.92. The zero-order valence-corrected chi connectivity index (χ0v) is 20.0. The molecule has 16 heteroatoms. The number of carbonyl (C=O) groups excluding carboxylic acids is 2. The van der Waals surface area contributed by atoms with Gasteiger partial charge in [0.25, 0.3) is 5.79 Å². The number of carbonyl (C=O) groups is 4. The molecule has 34 heavy (non-hydrogen) atoms. The number of carboxylic acids is 2. The molecule has 0 radical (unpaired) electrons. The molecule has 14 nitrogen and oxygen atoms in total. The summed E-state index contributed by atoms with van der Waals surface area (Å²) in [6.07, 6.45) is -4.88. The molecule has 0 aliphatic carbocycles. The van der Waals surface area contributed by atoms with Gasteiger partial charge in [0, 0.05) is 43.7 Å². The van der Waals surface area contributed by atoms with Crippen LogP contribution in [0, 0.1) is 5.92 Å². The molecule has 7 atom stereocenters. The van der Waals surface area contributed by atoms with Crippen LogP contribution in [-0.2, 0) is 28.7 Å². The largest absolute Gasteiger partial charge is 0.480 e. The number of esters is 1. The highest BCUT2D eigenvalue weighted by Crippen LogP contribution is 2.34. The van der Waals surface area contributed by atoms with Crippen molar-refractivity contribution >= 4 is 45.4 Å². The summed E-state index contributed by atoms with van der Waals surface area (Å²) in [5.41, 5.74) is 11.1. The molecule has 1 amide bonds. The van der Waals surface area contributed by atoms with Crippen molar-refractivity contribution in [2.24, 2.45) is 17.4 Å². The molecule has 0 aromatic heterocycles. The molecule has 0 spiro atoms. The third kappa shape index (κ3) is 9.91. The first-order valence-corrected chi connectivity index (χ1v) is 12.6. The van der Waals surface area contributed by atoms with Crippen molar-refractivity contribution in [3.05, 3.63) is 0 Å². The lowest BCUT2D eigenvalue weighted by Crippen LogP contribution is -2.58.